The van der Waals surface area contributed by atoms with Gasteiger partial charge < -0.3 is 19.9 Å². The smallest absolute Gasteiger partial charge is 0.203 e. The highest BCUT2D eigenvalue weighted by Gasteiger charge is 2.19. The number of hydrogen-bond acceptors (Lipinski definition) is 7. The van der Waals surface area contributed by atoms with Crippen molar-refractivity contribution in [3.63, 3.8) is 0 Å². The summed E-state index contributed by atoms with van der Waals surface area (Å²) < 4.78 is 16.2. The van der Waals surface area contributed by atoms with Crippen molar-refractivity contribution in [2.24, 2.45) is 0 Å². The fourth-order valence-corrected chi connectivity index (χ4v) is 3.01. The number of pyridine rings is 1. The second-order valence-electron chi connectivity index (χ2n) is 6.03. The number of hydrogen-bond donors (Lipinski definition) is 1. The Bertz CT molecular complexity index is 1120. The zero-order valence-electron chi connectivity index (χ0n) is 16.2. The molecule has 3 rings (SSSR count). The van der Waals surface area contributed by atoms with Gasteiger partial charge in [-0.2, -0.15) is 10.5 Å². The molecule has 144 valence electrons. The van der Waals surface area contributed by atoms with Crippen LogP contribution >= 0.6 is 0 Å². The van der Waals surface area contributed by atoms with E-state index in [0.717, 1.165) is 5.56 Å². The molecule has 0 amide bonds. The Balaban J connectivity index is 2.25. The van der Waals surface area contributed by atoms with E-state index in [2.05, 4.69) is 17.1 Å². The molecule has 0 aliphatic rings. The van der Waals surface area contributed by atoms with E-state index in [9.17, 15) is 5.26 Å². The molecule has 2 aromatic carbocycles. The van der Waals surface area contributed by atoms with Crippen LogP contribution in [-0.2, 0) is 0 Å². The quantitative estimate of drug-likeness (QED) is 0.710. The first-order valence-corrected chi connectivity index (χ1v) is 8.57. The third-order valence-corrected chi connectivity index (χ3v) is 4.44. The summed E-state index contributed by atoms with van der Waals surface area (Å²) in [5.74, 6) is 1.48. The first-order chi connectivity index (χ1) is 14.1. The van der Waals surface area contributed by atoms with Crippen molar-refractivity contribution in [3.05, 3.63) is 53.6 Å². The average Bonchev–Trinajstić information content (AvgIpc) is 2.77. The molecular formula is C22H18N4O3. The molecule has 3 aromatic rings. The standard InChI is InChI=1S/C22H18N4O3/c1-27-19-8-15(9-20(28-2)21(19)29-3)16-10-18(26-22(25)17(16)12-24)14-6-4-13(11-23)5-7-14/h4-10H,1-3H3,(H2,25,26). The molecule has 1 heterocycles. The molecule has 0 bridgehead atoms. The maximum absolute atomic E-state index is 9.65. The van der Waals surface area contributed by atoms with Crippen LogP contribution < -0.4 is 19.9 Å². The largest absolute Gasteiger partial charge is 0.493 e. The first kappa shape index (κ1) is 19.5. The van der Waals surface area contributed by atoms with Crippen LogP contribution in [0, 0.1) is 22.7 Å². The zero-order valence-corrected chi connectivity index (χ0v) is 16.2. The van der Waals surface area contributed by atoms with Crippen LogP contribution in [0.2, 0.25) is 0 Å². The molecule has 2 N–H and O–H groups in total. The maximum Gasteiger partial charge on any atom is 0.203 e. The Morgan fingerprint density at radius 3 is 1.93 bits per heavy atom. The van der Waals surface area contributed by atoms with Gasteiger partial charge in [0.25, 0.3) is 0 Å². The molecule has 0 aliphatic heterocycles. The summed E-state index contributed by atoms with van der Waals surface area (Å²) in [6.45, 7) is 0. The minimum atomic E-state index is 0.109. The molecule has 0 atom stereocenters. The van der Waals surface area contributed by atoms with Gasteiger partial charge >= 0.3 is 0 Å². The Morgan fingerprint density at radius 1 is 0.828 bits per heavy atom. The number of benzene rings is 2. The van der Waals surface area contributed by atoms with Gasteiger partial charge in [0, 0.05) is 11.1 Å². The number of rotatable bonds is 5. The van der Waals surface area contributed by atoms with Crippen molar-refractivity contribution in [2.75, 3.05) is 27.1 Å². The molecule has 7 heteroatoms. The van der Waals surface area contributed by atoms with E-state index in [1.807, 2.05) is 0 Å². The Morgan fingerprint density at radius 2 is 1.45 bits per heavy atom. The van der Waals surface area contributed by atoms with Crippen molar-refractivity contribution in [2.45, 2.75) is 0 Å². The van der Waals surface area contributed by atoms with Gasteiger partial charge in [-0.25, -0.2) is 4.98 Å². The number of nitrogens with zero attached hydrogens (tertiary/aromatic N) is 3. The highest BCUT2D eigenvalue weighted by atomic mass is 16.5. The minimum Gasteiger partial charge on any atom is -0.493 e. The highest BCUT2D eigenvalue weighted by Crippen LogP contribution is 2.42. The number of anilines is 1. The molecular weight excluding hydrogens is 368 g/mol. The number of nitrogen functional groups attached to an aromatic ring is 1. The van der Waals surface area contributed by atoms with Crippen LogP contribution in [-0.4, -0.2) is 26.3 Å². The SMILES string of the molecule is COc1cc(-c2cc(-c3ccc(C#N)cc3)nc(N)c2C#N)cc(OC)c1OC. The fourth-order valence-electron chi connectivity index (χ4n) is 3.01. The van der Waals surface area contributed by atoms with Crippen molar-refractivity contribution in [3.8, 4) is 51.8 Å². The van der Waals surface area contributed by atoms with E-state index in [0.29, 0.717) is 39.6 Å². The van der Waals surface area contributed by atoms with E-state index in [1.54, 1.807) is 42.5 Å². The van der Waals surface area contributed by atoms with Crippen LogP contribution in [0.15, 0.2) is 42.5 Å². The van der Waals surface area contributed by atoms with Crippen molar-refractivity contribution >= 4 is 5.82 Å². The summed E-state index contributed by atoms with van der Waals surface area (Å²) >= 11 is 0. The van der Waals surface area contributed by atoms with Crippen molar-refractivity contribution in [1.29, 1.82) is 10.5 Å². The normalized spacial score (nSPS) is 9.97. The van der Waals surface area contributed by atoms with E-state index >= 15 is 0 Å². The molecule has 0 saturated carbocycles. The molecule has 0 spiro atoms. The molecule has 0 unspecified atom stereocenters. The second kappa shape index (κ2) is 8.20. The van der Waals surface area contributed by atoms with Crippen molar-refractivity contribution < 1.29 is 14.2 Å². The number of nitrogens with two attached hydrogens (primary N) is 1. The summed E-state index contributed by atoms with van der Waals surface area (Å²) in [6.07, 6.45) is 0. The maximum atomic E-state index is 9.65. The average molecular weight is 386 g/mol. The Kier molecular flexibility index (Phi) is 5.52. The molecule has 7 nitrogen and oxygen atoms in total. The van der Waals surface area contributed by atoms with Gasteiger partial charge in [0.15, 0.2) is 11.5 Å². The third kappa shape index (κ3) is 3.62. The van der Waals surface area contributed by atoms with Gasteiger partial charge in [0.2, 0.25) is 5.75 Å². The second-order valence-corrected chi connectivity index (χ2v) is 6.03. The molecule has 0 fully saturated rings. The number of nitriles is 2. The summed E-state index contributed by atoms with van der Waals surface area (Å²) in [5.41, 5.74) is 9.48. The summed E-state index contributed by atoms with van der Waals surface area (Å²) in [5, 5.41) is 18.6. The molecule has 1 aromatic heterocycles. The van der Waals surface area contributed by atoms with Crippen LogP contribution in [0.5, 0.6) is 17.2 Å². The Hall–Kier alpha value is -4.23. The van der Waals surface area contributed by atoms with Gasteiger partial charge in [0.05, 0.1) is 38.7 Å². The minimum absolute atomic E-state index is 0.109. The summed E-state index contributed by atoms with van der Waals surface area (Å²) in [7, 11) is 4.57. The number of aromatic nitrogens is 1. The highest BCUT2D eigenvalue weighted by molar-refractivity contribution is 5.82. The topological polar surface area (TPSA) is 114 Å². The number of ether oxygens (including phenoxy) is 3. The zero-order chi connectivity index (χ0) is 21.0. The molecule has 0 radical (unpaired) electrons. The van der Waals surface area contributed by atoms with Gasteiger partial charge in [0.1, 0.15) is 17.5 Å². The summed E-state index contributed by atoms with van der Waals surface area (Å²) in [4.78, 5) is 4.36. The van der Waals surface area contributed by atoms with Crippen LogP contribution in [0.1, 0.15) is 11.1 Å². The molecule has 29 heavy (non-hydrogen) atoms. The number of methoxy groups -OCH3 is 3. The van der Waals surface area contributed by atoms with Crippen molar-refractivity contribution in [1.82, 2.24) is 4.98 Å². The fraction of sp³-hybridized carbons (Fsp3) is 0.136. The van der Waals surface area contributed by atoms with E-state index in [1.165, 1.54) is 21.3 Å². The van der Waals surface area contributed by atoms with E-state index in [-0.39, 0.29) is 11.4 Å². The van der Waals surface area contributed by atoms with Gasteiger partial charge in [-0.05, 0) is 35.9 Å². The molecule has 0 saturated heterocycles. The van der Waals surface area contributed by atoms with Gasteiger partial charge in [-0.1, -0.05) is 12.1 Å². The Labute approximate surface area is 168 Å². The predicted octanol–water partition coefficient (Wildman–Crippen LogP) is 3.77. The lowest BCUT2D eigenvalue weighted by Gasteiger charge is -2.16. The predicted molar refractivity (Wildman–Crippen MR) is 109 cm³/mol. The van der Waals surface area contributed by atoms with Crippen LogP contribution in [0.25, 0.3) is 22.4 Å². The van der Waals surface area contributed by atoms with Gasteiger partial charge in [-0.3, -0.25) is 0 Å². The third-order valence-electron chi connectivity index (χ3n) is 4.44. The summed E-state index contributed by atoms with van der Waals surface area (Å²) in [6, 6.07) is 16.4. The lowest BCUT2D eigenvalue weighted by atomic mass is 9.97. The first-order valence-electron chi connectivity index (χ1n) is 8.57. The van der Waals surface area contributed by atoms with E-state index < -0.39 is 0 Å². The van der Waals surface area contributed by atoms with Gasteiger partial charge in [-0.15, -0.1) is 0 Å². The van der Waals surface area contributed by atoms with E-state index in [4.69, 9.17) is 25.2 Å². The van der Waals surface area contributed by atoms with Crippen LogP contribution in [0.4, 0.5) is 5.82 Å². The molecule has 0 aliphatic carbocycles. The lowest BCUT2D eigenvalue weighted by molar-refractivity contribution is 0.324. The lowest BCUT2D eigenvalue weighted by Crippen LogP contribution is -2.01. The van der Waals surface area contributed by atoms with Crippen LogP contribution in [0.3, 0.4) is 0 Å². The monoisotopic (exact) mass is 386 g/mol.